The molecular formula is C12H21N3O. The number of likely N-dealkylation sites (tertiary alicyclic amines) is 1. The van der Waals surface area contributed by atoms with Crippen molar-refractivity contribution in [3.8, 4) is 0 Å². The minimum Gasteiger partial charge on any atom is -0.380 e. The molecule has 2 heterocycles. The number of nitrogens with one attached hydrogen (secondary N) is 1. The molecule has 0 aliphatic carbocycles. The van der Waals surface area contributed by atoms with E-state index in [4.69, 9.17) is 4.74 Å². The summed E-state index contributed by atoms with van der Waals surface area (Å²) in [6.45, 7) is 9.20. The minimum absolute atomic E-state index is 0.629. The van der Waals surface area contributed by atoms with Crippen LogP contribution in [-0.4, -0.2) is 47.9 Å². The lowest BCUT2D eigenvalue weighted by atomic mass is 10.0. The predicted octanol–water partition coefficient (Wildman–Crippen LogP) is 1.54. The van der Waals surface area contributed by atoms with Gasteiger partial charge in [-0.1, -0.05) is 0 Å². The summed E-state index contributed by atoms with van der Waals surface area (Å²) in [4.78, 5) is 2.47. The SMILES string of the molecule is CCOCCN1CC[C@@H](c2[nH]ncc2C)C1. The Morgan fingerprint density at radius 2 is 2.50 bits per heavy atom. The summed E-state index contributed by atoms with van der Waals surface area (Å²) in [5.41, 5.74) is 2.61. The van der Waals surface area contributed by atoms with Crippen LogP contribution in [0, 0.1) is 6.92 Å². The fraction of sp³-hybridized carbons (Fsp3) is 0.750. The zero-order chi connectivity index (χ0) is 11.4. The van der Waals surface area contributed by atoms with Gasteiger partial charge in [0.1, 0.15) is 0 Å². The number of hydrogen-bond donors (Lipinski definition) is 1. The smallest absolute Gasteiger partial charge is 0.0593 e. The van der Waals surface area contributed by atoms with Crippen LogP contribution in [0.25, 0.3) is 0 Å². The first-order valence-electron chi connectivity index (χ1n) is 6.11. The van der Waals surface area contributed by atoms with Gasteiger partial charge < -0.3 is 9.64 Å². The number of aromatic nitrogens is 2. The lowest BCUT2D eigenvalue weighted by Crippen LogP contribution is -2.25. The van der Waals surface area contributed by atoms with E-state index in [0.717, 1.165) is 26.3 Å². The Hall–Kier alpha value is -0.870. The maximum Gasteiger partial charge on any atom is 0.0593 e. The van der Waals surface area contributed by atoms with Crippen molar-refractivity contribution in [2.24, 2.45) is 0 Å². The number of H-pyrrole nitrogens is 1. The van der Waals surface area contributed by atoms with Gasteiger partial charge >= 0.3 is 0 Å². The molecular weight excluding hydrogens is 202 g/mol. The first-order chi connectivity index (χ1) is 7.81. The molecule has 1 saturated heterocycles. The summed E-state index contributed by atoms with van der Waals surface area (Å²) >= 11 is 0. The van der Waals surface area contributed by atoms with E-state index in [-0.39, 0.29) is 0 Å². The van der Waals surface area contributed by atoms with Crippen LogP contribution in [-0.2, 0) is 4.74 Å². The topological polar surface area (TPSA) is 41.1 Å². The number of hydrogen-bond acceptors (Lipinski definition) is 3. The molecule has 4 heteroatoms. The molecule has 90 valence electrons. The Balaban J connectivity index is 1.82. The van der Waals surface area contributed by atoms with Crippen molar-refractivity contribution in [1.82, 2.24) is 15.1 Å². The van der Waals surface area contributed by atoms with Crippen LogP contribution in [0.4, 0.5) is 0 Å². The molecule has 1 atom stereocenters. The van der Waals surface area contributed by atoms with Gasteiger partial charge in [0.25, 0.3) is 0 Å². The van der Waals surface area contributed by atoms with E-state index in [1.54, 1.807) is 0 Å². The highest BCUT2D eigenvalue weighted by molar-refractivity contribution is 5.20. The zero-order valence-corrected chi connectivity index (χ0v) is 10.2. The number of nitrogens with zero attached hydrogens (tertiary/aromatic N) is 2. The lowest BCUT2D eigenvalue weighted by molar-refractivity contribution is 0.121. The molecule has 1 fully saturated rings. The molecule has 0 amide bonds. The summed E-state index contributed by atoms with van der Waals surface area (Å²) in [6.07, 6.45) is 3.15. The summed E-state index contributed by atoms with van der Waals surface area (Å²) < 4.78 is 5.38. The highest BCUT2D eigenvalue weighted by Crippen LogP contribution is 2.27. The van der Waals surface area contributed by atoms with Gasteiger partial charge in [-0.05, 0) is 32.4 Å². The molecule has 0 radical (unpaired) electrons. The Kier molecular flexibility index (Phi) is 3.96. The third-order valence-corrected chi connectivity index (χ3v) is 3.30. The molecule has 2 rings (SSSR count). The third-order valence-electron chi connectivity index (χ3n) is 3.30. The minimum atomic E-state index is 0.629. The van der Waals surface area contributed by atoms with Crippen molar-refractivity contribution in [3.63, 3.8) is 0 Å². The van der Waals surface area contributed by atoms with Crippen molar-refractivity contribution in [3.05, 3.63) is 17.5 Å². The molecule has 4 nitrogen and oxygen atoms in total. The van der Waals surface area contributed by atoms with Crippen LogP contribution in [0.3, 0.4) is 0 Å². The number of ether oxygens (including phenoxy) is 1. The maximum atomic E-state index is 5.38. The molecule has 16 heavy (non-hydrogen) atoms. The van der Waals surface area contributed by atoms with Crippen LogP contribution in [0.2, 0.25) is 0 Å². The van der Waals surface area contributed by atoms with E-state index in [0.29, 0.717) is 5.92 Å². The fourth-order valence-electron chi connectivity index (χ4n) is 2.38. The van der Waals surface area contributed by atoms with E-state index < -0.39 is 0 Å². The number of rotatable bonds is 5. The standard InChI is InChI=1S/C12H21N3O/c1-3-16-7-6-15-5-4-11(9-15)12-10(2)8-13-14-12/h8,11H,3-7,9H2,1-2H3,(H,13,14)/t11-/m1/s1. The van der Waals surface area contributed by atoms with Crippen LogP contribution in [0.5, 0.6) is 0 Å². The second kappa shape index (κ2) is 5.46. The summed E-state index contributed by atoms with van der Waals surface area (Å²) in [6, 6.07) is 0. The average molecular weight is 223 g/mol. The van der Waals surface area contributed by atoms with Crippen molar-refractivity contribution in [1.29, 1.82) is 0 Å². The Morgan fingerprint density at radius 1 is 1.62 bits per heavy atom. The van der Waals surface area contributed by atoms with E-state index >= 15 is 0 Å². The van der Waals surface area contributed by atoms with E-state index in [1.165, 1.54) is 24.2 Å². The molecule has 0 saturated carbocycles. The molecule has 1 aromatic heterocycles. The average Bonchev–Trinajstić information content (AvgIpc) is 2.87. The Bertz CT molecular complexity index is 324. The van der Waals surface area contributed by atoms with Crippen LogP contribution < -0.4 is 0 Å². The molecule has 1 aliphatic rings. The lowest BCUT2D eigenvalue weighted by Gasteiger charge is -2.15. The largest absolute Gasteiger partial charge is 0.380 e. The Labute approximate surface area is 97.0 Å². The fourth-order valence-corrected chi connectivity index (χ4v) is 2.38. The summed E-state index contributed by atoms with van der Waals surface area (Å²) in [7, 11) is 0. The van der Waals surface area contributed by atoms with Crippen LogP contribution in [0.15, 0.2) is 6.20 Å². The van der Waals surface area contributed by atoms with Crippen molar-refractivity contribution >= 4 is 0 Å². The highest BCUT2D eigenvalue weighted by Gasteiger charge is 2.25. The van der Waals surface area contributed by atoms with Gasteiger partial charge in [0.05, 0.1) is 12.8 Å². The second-order valence-corrected chi connectivity index (χ2v) is 4.45. The second-order valence-electron chi connectivity index (χ2n) is 4.45. The molecule has 1 N–H and O–H groups in total. The third kappa shape index (κ3) is 2.62. The molecule has 0 spiro atoms. The van der Waals surface area contributed by atoms with E-state index in [1.807, 2.05) is 13.1 Å². The zero-order valence-electron chi connectivity index (χ0n) is 10.2. The molecule has 1 aromatic rings. The summed E-state index contributed by atoms with van der Waals surface area (Å²) in [5, 5.41) is 7.23. The Morgan fingerprint density at radius 3 is 3.19 bits per heavy atom. The molecule has 1 aliphatic heterocycles. The van der Waals surface area contributed by atoms with Gasteiger partial charge in [0, 0.05) is 31.3 Å². The summed E-state index contributed by atoms with van der Waals surface area (Å²) in [5.74, 6) is 0.629. The van der Waals surface area contributed by atoms with Gasteiger partial charge in [-0.2, -0.15) is 5.10 Å². The van der Waals surface area contributed by atoms with E-state index in [2.05, 4.69) is 22.0 Å². The van der Waals surface area contributed by atoms with Gasteiger partial charge in [0.2, 0.25) is 0 Å². The highest BCUT2D eigenvalue weighted by atomic mass is 16.5. The van der Waals surface area contributed by atoms with Crippen LogP contribution in [0.1, 0.15) is 30.5 Å². The van der Waals surface area contributed by atoms with Gasteiger partial charge in [-0.25, -0.2) is 0 Å². The van der Waals surface area contributed by atoms with E-state index in [9.17, 15) is 0 Å². The molecule has 0 unspecified atom stereocenters. The normalized spacial score (nSPS) is 21.8. The van der Waals surface area contributed by atoms with Crippen molar-refractivity contribution in [2.45, 2.75) is 26.2 Å². The van der Waals surface area contributed by atoms with Crippen LogP contribution >= 0.6 is 0 Å². The first kappa shape index (κ1) is 11.6. The first-order valence-corrected chi connectivity index (χ1v) is 6.11. The number of aryl methyl sites for hydroxylation is 1. The van der Waals surface area contributed by atoms with Crippen molar-refractivity contribution in [2.75, 3.05) is 32.8 Å². The predicted molar refractivity (Wildman–Crippen MR) is 63.6 cm³/mol. The maximum absolute atomic E-state index is 5.38. The van der Waals surface area contributed by atoms with Gasteiger partial charge in [-0.3, -0.25) is 5.10 Å². The van der Waals surface area contributed by atoms with Crippen molar-refractivity contribution < 1.29 is 4.74 Å². The quantitative estimate of drug-likeness (QED) is 0.770. The van der Waals surface area contributed by atoms with Gasteiger partial charge in [-0.15, -0.1) is 0 Å². The monoisotopic (exact) mass is 223 g/mol. The molecule has 0 aromatic carbocycles. The number of aromatic amines is 1. The molecule has 0 bridgehead atoms. The van der Waals surface area contributed by atoms with Gasteiger partial charge in [0.15, 0.2) is 0 Å².